The van der Waals surface area contributed by atoms with Crippen molar-refractivity contribution < 1.29 is 0 Å². The van der Waals surface area contributed by atoms with E-state index in [-0.39, 0.29) is 0 Å². The fourth-order valence-electron chi connectivity index (χ4n) is 3.27. The third-order valence-electron chi connectivity index (χ3n) is 4.40. The van der Waals surface area contributed by atoms with E-state index in [1.807, 2.05) is 6.20 Å². The van der Waals surface area contributed by atoms with Gasteiger partial charge in [-0.2, -0.15) is 0 Å². The van der Waals surface area contributed by atoms with Crippen LogP contribution in [0.3, 0.4) is 0 Å². The minimum absolute atomic E-state index is 0.424. The lowest BCUT2D eigenvalue weighted by molar-refractivity contribution is 0.00852. The smallest absolute Gasteiger partial charge is 0.146 e. The zero-order chi connectivity index (χ0) is 11.9. The van der Waals surface area contributed by atoms with Crippen molar-refractivity contribution in [2.45, 2.75) is 19.0 Å². The molecule has 2 bridgehead atoms. The highest BCUT2D eigenvalue weighted by Gasteiger charge is 2.34. The average Bonchev–Trinajstić information content (AvgIpc) is 2.48. The topological polar surface area (TPSA) is 44.3 Å². The van der Waals surface area contributed by atoms with E-state index in [0.717, 1.165) is 31.9 Å². The molecular weight excluding hydrogens is 226 g/mol. The van der Waals surface area contributed by atoms with Crippen molar-refractivity contribution >= 4 is 0 Å². The van der Waals surface area contributed by atoms with E-state index in [1.165, 1.54) is 37.4 Å². The van der Waals surface area contributed by atoms with Gasteiger partial charge >= 0.3 is 0 Å². The molecule has 96 valence electrons. The summed E-state index contributed by atoms with van der Waals surface area (Å²) in [6, 6.07) is 0.424. The number of hydrogen-bond donors (Lipinski definition) is 1. The first-order valence-corrected chi connectivity index (χ1v) is 6.92. The normalized spacial score (nSPS) is 34.3. The third kappa shape index (κ3) is 1.74. The second kappa shape index (κ2) is 4.26. The highest BCUT2D eigenvalue weighted by Crippen LogP contribution is 2.27. The summed E-state index contributed by atoms with van der Waals surface area (Å²) in [4.78, 5) is 14.5. The quantitative estimate of drug-likeness (QED) is 0.742. The lowest BCUT2D eigenvalue weighted by Crippen LogP contribution is -2.57. The Kier molecular flexibility index (Phi) is 2.57. The molecule has 1 aromatic rings. The van der Waals surface area contributed by atoms with Gasteiger partial charge in [0.25, 0.3) is 0 Å². The zero-order valence-corrected chi connectivity index (χ0v) is 10.6. The molecule has 0 saturated carbocycles. The monoisotopic (exact) mass is 245 g/mol. The molecule has 0 amide bonds. The number of hydrogen-bond acceptors (Lipinski definition) is 5. The van der Waals surface area contributed by atoms with Crippen LogP contribution in [0.4, 0.5) is 0 Å². The Morgan fingerprint density at radius 2 is 2.11 bits per heavy atom. The SMILES string of the molecule is c1nc(C2CN3CCN2CC3)nc2c1CNCC2. The van der Waals surface area contributed by atoms with Crippen molar-refractivity contribution in [1.82, 2.24) is 25.1 Å². The Hall–Kier alpha value is -1.04. The summed E-state index contributed by atoms with van der Waals surface area (Å²) in [5, 5.41) is 3.37. The Bertz CT molecular complexity index is 453. The summed E-state index contributed by atoms with van der Waals surface area (Å²) in [6.07, 6.45) is 3.07. The summed E-state index contributed by atoms with van der Waals surface area (Å²) in [7, 11) is 0. The second-order valence-corrected chi connectivity index (χ2v) is 5.48. The van der Waals surface area contributed by atoms with Gasteiger partial charge in [-0.3, -0.25) is 9.80 Å². The average molecular weight is 245 g/mol. The minimum Gasteiger partial charge on any atom is -0.312 e. The molecule has 0 radical (unpaired) electrons. The molecule has 5 heterocycles. The molecule has 3 saturated heterocycles. The molecular formula is C13H19N5. The largest absolute Gasteiger partial charge is 0.312 e. The Balaban J connectivity index is 1.64. The molecule has 1 unspecified atom stereocenters. The van der Waals surface area contributed by atoms with Crippen LogP contribution in [0.15, 0.2) is 6.20 Å². The molecule has 5 heteroatoms. The molecule has 1 atom stereocenters. The highest BCUT2D eigenvalue weighted by atomic mass is 15.4. The van der Waals surface area contributed by atoms with Crippen LogP contribution in [0.1, 0.15) is 23.1 Å². The van der Waals surface area contributed by atoms with Crippen molar-refractivity contribution in [3.63, 3.8) is 0 Å². The molecule has 0 aromatic carbocycles. The predicted molar refractivity (Wildman–Crippen MR) is 68.2 cm³/mol. The van der Waals surface area contributed by atoms with Gasteiger partial charge in [0.05, 0.1) is 6.04 Å². The highest BCUT2D eigenvalue weighted by molar-refractivity contribution is 5.21. The van der Waals surface area contributed by atoms with Gasteiger partial charge in [0.2, 0.25) is 0 Å². The number of nitrogens with one attached hydrogen (secondary N) is 1. The first-order valence-electron chi connectivity index (χ1n) is 6.92. The van der Waals surface area contributed by atoms with E-state index in [9.17, 15) is 0 Å². The van der Waals surface area contributed by atoms with Gasteiger partial charge in [0.15, 0.2) is 0 Å². The van der Waals surface area contributed by atoms with Gasteiger partial charge in [-0.05, 0) is 0 Å². The standard InChI is InChI=1S/C13H19N5/c1-2-14-7-10-8-15-13(16-11(1)10)12-9-17-3-5-18(12)6-4-17/h8,12,14H,1-7,9H2. The molecule has 1 N–H and O–H groups in total. The maximum atomic E-state index is 4.84. The van der Waals surface area contributed by atoms with E-state index in [1.54, 1.807) is 0 Å². The lowest BCUT2D eigenvalue weighted by atomic mass is 10.1. The van der Waals surface area contributed by atoms with E-state index in [0.29, 0.717) is 6.04 Å². The fourth-order valence-corrected chi connectivity index (χ4v) is 3.27. The van der Waals surface area contributed by atoms with Gasteiger partial charge in [0, 0.05) is 69.7 Å². The van der Waals surface area contributed by atoms with Crippen molar-refractivity contribution in [1.29, 1.82) is 0 Å². The van der Waals surface area contributed by atoms with Crippen molar-refractivity contribution in [3.8, 4) is 0 Å². The number of fused-ring (bicyclic) bond motifs is 4. The second-order valence-electron chi connectivity index (χ2n) is 5.48. The van der Waals surface area contributed by atoms with Gasteiger partial charge in [-0.1, -0.05) is 0 Å². The summed E-state index contributed by atoms with van der Waals surface area (Å²) in [5.74, 6) is 1.04. The maximum absolute atomic E-state index is 4.84. The Morgan fingerprint density at radius 3 is 2.89 bits per heavy atom. The molecule has 5 nitrogen and oxygen atoms in total. The first-order chi connectivity index (χ1) is 8.90. The fraction of sp³-hybridized carbons (Fsp3) is 0.692. The minimum atomic E-state index is 0.424. The molecule has 4 aliphatic heterocycles. The summed E-state index contributed by atoms with van der Waals surface area (Å²) in [5.41, 5.74) is 2.54. The molecule has 0 spiro atoms. The van der Waals surface area contributed by atoms with Crippen molar-refractivity contribution in [2.24, 2.45) is 0 Å². The van der Waals surface area contributed by atoms with E-state index < -0.39 is 0 Å². The first kappa shape index (κ1) is 10.8. The summed E-state index contributed by atoms with van der Waals surface area (Å²) >= 11 is 0. The van der Waals surface area contributed by atoms with Crippen LogP contribution >= 0.6 is 0 Å². The summed E-state index contributed by atoms with van der Waals surface area (Å²) < 4.78 is 0. The van der Waals surface area contributed by atoms with Crippen LogP contribution in [-0.4, -0.2) is 59.0 Å². The van der Waals surface area contributed by atoms with Gasteiger partial charge in [0.1, 0.15) is 5.82 Å². The van der Waals surface area contributed by atoms with Crippen LogP contribution < -0.4 is 5.32 Å². The lowest BCUT2D eigenvalue weighted by Gasteiger charge is -2.46. The van der Waals surface area contributed by atoms with E-state index in [4.69, 9.17) is 4.98 Å². The van der Waals surface area contributed by atoms with Gasteiger partial charge in [-0.25, -0.2) is 9.97 Å². The number of aromatic nitrogens is 2. The number of piperazine rings is 3. The van der Waals surface area contributed by atoms with Crippen molar-refractivity contribution in [2.75, 3.05) is 39.3 Å². The molecule has 3 fully saturated rings. The van der Waals surface area contributed by atoms with E-state index in [2.05, 4.69) is 20.1 Å². The maximum Gasteiger partial charge on any atom is 0.146 e. The molecule has 1 aromatic heterocycles. The van der Waals surface area contributed by atoms with Crippen molar-refractivity contribution in [3.05, 3.63) is 23.3 Å². The van der Waals surface area contributed by atoms with Crippen LogP contribution in [0.5, 0.6) is 0 Å². The number of rotatable bonds is 1. The molecule has 4 aliphatic rings. The van der Waals surface area contributed by atoms with Gasteiger partial charge in [-0.15, -0.1) is 0 Å². The van der Waals surface area contributed by atoms with Crippen LogP contribution in [-0.2, 0) is 13.0 Å². The zero-order valence-electron chi connectivity index (χ0n) is 10.6. The van der Waals surface area contributed by atoms with Crippen LogP contribution in [0.2, 0.25) is 0 Å². The molecule has 18 heavy (non-hydrogen) atoms. The Labute approximate surface area is 107 Å². The molecule has 5 rings (SSSR count). The Morgan fingerprint density at radius 1 is 1.22 bits per heavy atom. The molecule has 0 aliphatic carbocycles. The third-order valence-corrected chi connectivity index (χ3v) is 4.40. The van der Waals surface area contributed by atoms with Crippen LogP contribution in [0.25, 0.3) is 0 Å². The van der Waals surface area contributed by atoms with Gasteiger partial charge < -0.3 is 5.32 Å². The number of nitrogens with zero attached hydrogens (tertiary/aromatic N) is 4. The van der Waals surface area contributed by atoms with E-state index >= 15 is 0 Å². The van der Waals surface area contributed by atoms with Crippen LogP contribution in [0, 0.1) is 0 Å². The summed E-state index contributed by atoms with van der Waals surface area (Å²) in [6.45, 7) is 7.85. The predicted octanol–water partition coefficient (Wildman–Crippen LogP) is -0.205.